The summed E-state index contributed by atoms with van der Waals surface area (Å²) in [6, 6.07) is 1.62. The molecule has 0 aliphatic carbocycles. The highest BCUT2D eigenvalue weighted by molar-refractivity contribution is 7.81. The molecular weight excluding hydrogens is 208 g/mol. The summed E-state index contributed by atoms with van der Waals surface area (Å²) in [6.45, 7) is 2.01. The smallest absolute Gasteiger partial charge is 0.226 e. The normalized spacial score (nSPS) is 12.5. The molecule has 1 atom stereocenters. The second-order valence-corrected chi connectivity index (χ2v) is 3.48. The Balaban J connectivity index is 2.77. The van der Waals surface area contributed by atoms with Gasteiger partial charge in [0, 0.05) is 6.07 Å². The number of rotatable bonds is 3. The molecule has 0 aliphatic rings. The Bertz CT molecular complexity index is 274. The summed E-state index contributed by atoms with van der Waals surface area (Å²) in [5.74, 6) is 0.943. The first-order valence-corrected chi connectivity index (χ1v) is 4.76. The van der Waals surface area contributed by atoms with E-state index in [1.54, 1.807) is 6.07 Å². The van der Waals surface area contributed by atoms with Crippen molar-refractivity contribution < 1.29 is 0 Å². The zero-order valence-corrected chi connectivity index (χ0v) is 8.81. The molecule has 0 saturated heterocycles. The number of halogens is 1. The molecule has 72 valence electrons. The summed E-state index contributed by atoms with van der Waals surface area (Å²) < 4.78 is 0. The van der Waals surface area contributed by atoms with Crippen molar-refractivity contribution in [3.8, 4) is 0 Å². The van der Waals surface area contributed by atoms with E-state index in [2.05, 4.69) is 27.9 Å². The lowest BCUT2D eigenvalue weighted by molar-refractivity contribution is 0.914. The highest BCUT2D eigenvalue weighted by Gasteiger charge is 2.03. The van der Waals surface area contributed by atoms with Gasteiger partial charge in [-0.1, -0.05) is 6.92 Å². The molecule has 0 radical (unpaired) electrons. The summed E-state index contributed by atoms with van der Waals surface area (Å²) in [6.07, 6.45) is 0.880. The molecule has 1 aromatic heterocycles. The van der Waals surface area contributed by atoms with Gasteiger partial charge in [-0.05, 0) is 18.0 Å². The molecule has 0 saturated carbocycles. The van der Waals surface area contributed by atoms with Gasteiger partial charge in [0.25, 0.3) is 0 Å². The van der Waals surface area contributed by atoms with Gasteiger partial charge in [-0.25, -0.2) is 9.97 Å². The second kappa shape index (κ2) is 4.53. The molecule has 6 heteroatoms. The lowest BCUT2D eigenvalue weighted by Gasteiger charge is -2.11. The first-order valence-electron chi connectivity index (χ1n) is 3.86. The van der Waals surface area contributed by atoms with Crippen LogP contribution in [0.25, 0.3) is 0 Å². The first kappa shape index (κ1) is 10.4. The van der Waals surface area contributed by atoms with Gasteiger partial charge in [0.15, 0.2) is 0 Å². The standard InChI is InChI=1S/C7H11ClN4S/c1-2-6(13)11-5-3-4(9)10-7(8)12-5/h3,6,13H,2H2,1H3,(H3,9,10,11,12). The van der Waals surface area contributed by atoms with Gasteiger partial charge in [-0.3, -0.25) is 0 Å². The van der Waals surface area contributed by atoms with E-state index in [4.69, 9.17) is 17.3 Å². The van der Waals surface area contributed by atoms with Crippen LogP contribution in [0, 0.1) is 0 Å². The predicted octanol–water partition coefficient (Wildman–Crippen LogP) is 1.79. The van der Waals surface area contributed by atoms with Gasteiger partial charge in [-0.2, -0.15) is 12.6 Å². The topological polar surface area (TPSA) is 63.8 Å². The zero-order chi connectivity index (χ0) is 9.84. The Morgan fingerprint density at radius 3 is 2.92 bits per heavy atom. The fraction of sp³-hybridized carbons (Fsp3) is 0.429. The van der Waals surface area contributed by atoms with Crippen molar-refractivity contribution in [1.82, 2.24) is 9.97 Å². The molecule has 1 aromatic rings. The molecule has 0 spiro atoms. The lowest BCUT2D eigenvalue weighted by atomic mass is 10.4. The van der Waals surface area contributed by atoms with E-state index in [9.17, 15) is 0 Å². The molecule has 1 unspecified atom stereocenters. The van der Waals surface area contributed by atoms with Crippen LogP contribution in [0.1, 0.15) is 13.3 Å². The maximum absolute atomic E-state index is 5.61. The molecular formula is C7H11ClN4S. The Morgan fingerprint density at radius 2 is 2.38 bits per heavy atom. The number of nitrogens with zero attached hydrogens (tertiary/aromatic N) is 2. The van der Waals surface area contributed by atoms with Crippen LogP contribution in [-0.4, -0.2) is 15.3 Å². The van der Waals surface area contributed by atoms with E-state index in [-0.39, 0.29) is 10.7 Å². The Kier molecular flexibility index (Phi) is 3.62. The number of hydrogen-bond acceptors (Lipinski definition) is 5. The van der Waals surface area contributed by atoms with Gasteiger partial charge < -0.3 is 11.1 Å². The molecule has 0 amide bonds. The average molecular weight is 219 g/mol. The Labute approximate surface area is 87.3 Å². The van der Waals surface area contributed by atoms with Crippen molar-refractivity contribution in [3.05, 3.63) is 11.3 Å². The van der Waals surface area contributed by atoms with Crippen LogP contribution in [0.4, 0.5) is 11.6 Å². The van der Waals surface area contributed by atoms with Gasteiger partial charge in [0.05, 0.1) is 5.37 Å². The van der Waals surface area contributed by atoms with Crippen LogP contribution >= 0.6 is 24.2 Å². The van der Waals surface area contributed by atoms with Crippen LogP contribution in [0.5, 0.6) is 0 Å². The van der Waals surface area contributed by atoms with Crippen LogP contribution in [-0.2, 0) is 0 Å². The number of thiol groups is 1. The number of nitrogens with one attached hydrogen (secondary N) is 1. The lowest BCUT2D eigenvalue weighted by Crippen LogP contribution is -2.12. The third-order valence-electron chi connectivity index (χ3n) is 1.42. The number of hydrogen-bond donors (Lipinski definition) is 3. The molecule has 4 nitrogen and oxygen atoms in total. The minimum atomic E-state index is 0.0466. The summed E-state index contributed by atoms with van der Waals surface area (Å²) in [7, 11) is 0. The van der Waals surface area contributed by atoms with E-state index in [1.807, 2.05) is 6.92 Å². The van der Waals surface area contributed by atoms with E-state index in [1.165, 1.54) is 0 Å². The molecule has 1 heterocycles. The zero-order valence-electron chi connectivity index (χ0n) is 7.16. The minimum Gasteiger partial charge on any atom is -0.383 e. The van der Waals surface area contributed by atoms with Gasteiger partial charge in [0.1, 0.15) is 11.6 Å². The number of nitrogen functional groups attached to an aromatic ring is 1. The fourth-order valence-corrected chi connectivity index (χ4v) is 1.10. The quantitative estimate of drug-likeness (QED) is 0.411. The minimum absolute atomic E-state index is 0.0466. The molecule has 0 aromatic carbocycles. The number of anilines is 2. The third kappa shape index (κ3) is 3.28. The SMILES string of the molecule is CCC(S)Nc1cc(N)nc(Cl)n1. The maximum Gasteiger partial charge on any atom is 0.226 e. The van der Waals surface area contributed by atoms with Crippen molar-refractivity contribution in [2.45, 2.75) is 18.7 Å². The molecule has 13 heavy (non-hydrogen) atoms. The van der Waals surface area contributed by atoms with E-state index < -0.39 is 0 Å². The van der Waals surface area contributed by atoms with Crippen LogP contribution in [0.3, 0.4) is 0 Å². The van der Waals surface area contributed by atoms with Crippen molar-refractivity contribution >= 4 is 35.9 Å². The first-order chi connectivity index (χ1) is 6.11. The van der Waals surface area contributed by atoms with Crippen molar-refractivity contribution in [2.24, 2.45) is 0 Å². The number of nitrogens with two attached hydrogens (primary N) is 1. The fourth-order valence-electron chi connectivity index (χ4n) is 0.782. The Hall–Kier alpha value is -0.680. The third-order valence-corrected chi connectivity index (χ3v) is 2.08. The highest BCUT2D eigenvalue weighted by atomic mass is 35.5. The summed E-state index contributed by atoms with van der Waals surface area (Å²) >= 11 is 9.86. The summed E-state index contributed by atoms with van der Waals surface area (Å²) in [4.78, 5) is 7.67. The van der Waals surface area contributed by atoms with Gasteiger partial charge >= 0.3 is 0 Å². The van der Waals surface area contributed by atoms with Gasteiger partial charge in [-0.15, -0.1) is 0 Å². The second-order valence-electron chi connectivity index (χ2n) is 2.52. The maximum atomic E-state index is 5.61. The Morgan fingerprint density at radius 1 is 1.69 bits per heavy atom. The monoisotopic (exact) mass is 218 g/mol. The van der Waals surface area contributed by atoms with Crippen molar-refractivity contribution in [3.63, 3.8) is 0 Å². The van der Waals surface area contributed by atoms with Crippen LogP contribution in [0.2, 0.25) is 5.28 Å². The molecule has 1 rings (SSSR count). The number of aromatic nitrogens is 2. The van der Waals surface area contributed by atoms with Gasteiger partial charge in [0.2, 0.25) is 5.28 Å². The van der Waals surface area contributed by atoms with Crippen molar-refractivity contribution in [1.29, 1.82) is 0 Å². The highest BCUT2D eigenvalue weighted by Crippen LogP contribution is 2.14. The van der Waals surface area contributed by atoms with E-state index in [0.717, 1.165) is 6.42 Å². The van der Waals surface area contributed by atoms with Crippen LogP contribution < -0.4 is 11.1 Å². The molecule has 0 aliphatic heterocycles. The predicted molar refractivity (Wildman–Crippen MR) is 58.1 cm³/mol. The van der Waals surface area contributed by atoms with Crippen molar-refractivity contribution in [2.75, 3.05) is 11.1 Å². The molecule has 0 fully saturated rings. The summed E-state index contributed by atoms with van der Waals surface area (Å²) in [5, 5.41) is 3.21. The van der Waals surface area contributed by atoms with E-state index in [0.29, 0.717) is 11.6 Å². The average Bonchev–Trinajstić information content (AvgIpc) is 2.02. The molecule has 3 N–H and O–H groups in total. The van der Waals surface area contributed by atoms with E-state index >= 15 is 0 Å². The summed E-state index contributed by atoms with van der Waals surface area (Å²) in [5.41, 5.74) is 5.48. The van der Waals surface area contributed by atoms with Crippen LogP contribution in [0.15, 0.2) is 6.07 Å². The largest absolute Gasteiger partial charge is 0.383 e. The molecule has 0 bridgehead atoms.